The average Bonchev–Trinajstić information content (AvgIpc) is 3.26. The van der Waals surface area contributed by atoms with Crippen LogP contribution in [0.15, 0.2) is 54.6 Å². The Hall–Kier alpha value is -3.28. The van der Waals surface area contributed by atoms with E-state index in [0.717, 1.165) is 59.9 Å². The molecule has 1 saturated heterocycles. The number of H-pyrrole nitrogens is 1. The number of aromatic amines is 1. The predicted octanol–water partition coefficient (Wildman–Crippen LogP) is 3.72. The molecule has 0 unspecified atom stereocenters. The smallest absolute Gasteiger partial charge is 0.224 e. The third-order valence-corrected chi connectivity index (χ3v) is 5.76. The van der Waals surface area contributed by atoms with Crippen LogP contribution >= 0.6 is 0 Å². The van der Waals surface area contributed by atoms with E-state index in [-0.39, 0.29) is 11.9 Å². The van der Waals surface area contributed by atoms with Crippen LogP contribution in [0.4, 0.5) is 5.82 Å². The summed E-state index contributed by atoms with van der Waals surface area (Å²) in [6, 6.07) is 18.3. The fourth-order valence-corrected chi connectivity index (χ4v) is 3.90. The van der Waals surface area contributed by atoms with Crippen LogP contribution in [0.3, 0.4) is 0 Å². The number of rotatable bonds is 6. The Morgan fingerprint density at radius 1 is 1.17 bits per heavy atom. The lowest BCUT2D eigenvalue weighted by molar-refractivity contribution is -0.121. The molecule has 2 N–H and O–H groups in total. The molecule has 2 aromatic carbocycles. The van der Waals surface area contributed by atoms with E-state index in [1.807, 2.05) is 55.5 Å². The minimum atomic E-state index is 0.101. The number of hydrogen-bond donors (Lipinski definition) is 2. The zero-order chi connectivity index (χ0) is 20.9. The first-order valence-corrected chi connectivity index (χ1v) is 10.4. The number of ether oxygens (including phenoxy) is 1. The van der Waals surface area contributed by atoms with Crippen molar-refractivity contribution in [2.75, 3.05) is 25.1 Å². The van der Waals surface area contributed by atoms with E-state index in [1.54, 1.807) is 7.11 Å². The SMILES string of the molecule is COc1ccc(-c2cc(N3CCC(NC(=O)Cc4ccccc4C)CC3)n[nH]2)cc1. The van der Waals surface area contributed by atoms with Gasteiger partial charge in [0.1, 0.15) is 5.75 Å². The number of amides is 1. The van der Waals surface area contributed by atoms with Gasteiger partial charge in [-0.1, -0.05) is 24.3 Å². The molecule has 156 valence electrons. The van der Waals surface area contributed by atoms with Gasteiger partial charge >= 0.3 is 0 Å². The molecule has 0 atom stereocenters. The predicted molar refractivity (Wildman–Crippen MR) is 119 cm³/mol. The van der Waals surface area contributed by atoms with Gasteiger partial charge < -0.3 is 15.0 Å². The summed E-state index contributed by atoms with van der Waals surface area (Å²) < 4.78 is 5.22. The number of hydrogen-bond acceptors (Lipinski definition) is 4. The first kappa shape index (κ1) is 20.0. The Bertz CT molecular complexity index is 988. The van der Waals surface area contributed by atoms with Crippen LogP contribution in [0.5, 0.6) is 5.75 Å². The third kappa shape index (κ3) is 4.64. The molecular weight excluding hydrogens is 376 g/mol. The quantitative estimate of drug-likeness (QED) is 0.657. The maximum atomic E-state index is 12.4. The van der Waals surface area contributed by atoms with Crippen LogP contribution in [0.1, 0.15) is 24.0 Å². The fourth-order valence-electron chi connectivity index (χ4n) is 3.90. The highest BCUT2D eigenvalue weighted by Crippen LogP contribution is 2.25. The Morgan fingerprint density at radius 3 is 2.60 bits per heavy atom. The third-order valence-electron chi connectivity index (χ3n) is 5.76. The number of anilines is 1. The summed E-state index contributed by atoms with van der Waals surface area (Å²) in [5.74, 6) is 1.89. The standard InChI is InChI=1S/C24H28N4O2/c1-17-5-3-4-6-19(17)15-24(29)25-20-11-13-28(14-12-20)23-16-22(26-27-23)18-7-9-21(30-2)10-8-18/h3-10,16,20H,11-15H2,1-2H3,(H,25,29)(H,26,27). The topological polar surface area (TPSA) is 70.2 Å². The number of aromatic nitrogens is 2. The van der Waals surface area contributed by atoms with E-state index in [0.29, 0.717) is 6.42 Å². The first-order chi connectivity index (χ1) is 14.6. The van der Waals surface area contributed by atoms with Crippen molar-refractivity contribution in [3.8, 4) is 17.0 Å². The van der Waals surface area contributed by atoms with Crippen LogP contribution < -0.4 is 15.0 Å². The molecule has 1 aliphatic rings. The zero-order valence-corrected chi connectivity index (χ0v) is 17.5. The number of methoxy groups -OCH3 is 1. The summed E-state index contributed by atoms with van der Waals surface area (Å²) >= 11 is 0. The van der Waals surface area contributed by atoms with Gasteiger partial charge in [0.25, 0.3) is 0 Å². The maximum Gasteiger partial charge on any atom is 0.224 e. The largest absolute Gasteiger partial charge is 0.497 e. The van der Waals surface area contributed by atoms with Gasteiger partial charge in [-0.3, -0.25) is 9.89 Å². The van der Waals surface area contributed by atoms with Gasteiger partial charge in [-0.25, -0.2) is 0 Å². The summed E-state index contributed by atoms with van der Waals surface area (Å²) in [7, 11) is 1.66. The summed E-state index contributed by atoms with van der Waals surface area (Å²) in [4.78, 5) is 14.7. The van der Waals surface area contributed by atoms with Crippen LogP contribution in [-0.4, -0.2) is 42.3 Å². The van der Waals surface area contributed by atoms with E-state index in [2.05, 4.69) is 26.5 Å². The van der Waals surface area contributed by atoms with E-state index >= 15 is 0 Å². The molecule has 1 aromatic heterocycles. The number of aryl methyl sites for hydroxylation is 1. The molecule has 6 nitrogen and oxygen atoms in total. The van der Waals surface area contributed by atoms with E-state index in [9.17, 15) is 4.79 Å². The lowest BCUT2D eigenvalue weighted by atomic mass is 10.0. The second-order valence-corrected chi connectivity index (χ2v) is 7.80. The fraction of sp³-hybridized carbons (Fsp3) is 0.333. The van der Waals surface area contributed by atoms with Crippen molar-refractivity contribution in [2.45, 2.75) is 32.2 Å². The van der Waals surface area contributed by atoms with Gasteiger partial charge in [0.05, 0.1) is 19.2 Å². The molecule has 6 heteroatoms. The van der Waals surface area contributed by atoms with Crippen molar-refractivity contribution < 1.29 is 9.53 Å². The minimum absolute atomic E-state index is 0.101. The molecule has 0 radical (unpaired) electrons. The van der Waals surface area contributed by atoms with Crippen LogP contribution in [-0.2, 0) is 11.2 Å². The van der Waals surface area contributed by atoms with Crippen molar-refractivity contribution in [1.29, 1.82) is 0 Å². The molecule has 3 aromatic rings. The summed E-state index contributed by atoms with van der Waals surface area (Å²) in [5, 5.41) is 10.8. The first-order valence-electron chi connectivity index (χ1n) is 10.4. The van der Waals surface area contributed by atoms with Gasteiger partial charge in [0.2, 0.25) is 5.91 Å². The monoisotopic (exact) mass is 404 g/mol. The van der Waals surface area contributed by atoms with Gasteiger partial charge in [0.15, 0.2) is 5.82 Å². The lowest BCUT2D eigenvalue weighted by Crippen LogP contribution is -2.45. The summed E-state index contributed by atoms with van der Waals surface area (Å²) in [5.41, 5.74) is 4.32. The highest BCUT2D eigenvalue weighted by atomic mass is 16.5. The number of nitrogens with zero attached hydrogens (tertiary/aromatic N) is 2. The highest BCUT2D eigenvalue weighted by Gasteiger charge is 2.22. The van der Waals surface area contributed by atoms with Crippen LogP contribution in [0.25, 0.3) is 11.3 Å². The van der Waals surface area contributed by atoms with Gasteiger partial charge in [-0.05, 0) is 60.7 Å². The normalized spacial score (nSPS) is 14.5. The van der Waals surface area contributed by atoms with Crippen molar-refractivity contribution >= 4 is 11.7 Å². The molecule has 1 amide bonds. The molecule has 0 spiro atoms. The zero-order valence-electron chi connectivity index (χ0n) is 17.5. The summed E-state index contributed by atoms with van der Waals surface area (Å²) in [6.45, 7) is 3.80. The molecular formula is C24H28N4O2. The Kier molecular flexibility index (Phi) is 6.02. The number of benzene rings is 2. The number of nitrogens with one attached hydrogen (secondary N) is 2. The molecule has 1 fully saturated rings. The van der Waals surface area contributed by atoms with Crippen molar-refractivity contribution in [2.24, 2.45) is 0 Å². The molecule has 2 heterocycles. The average molecular weight is 405 g/mol. The molecule has 30 heavy (non-hydrogen) atoms. The Balaban J connectivity index is 1.30. The van der Waals surface area contributed by atoms with Gasteiger partial charge in [-0.15, -0.1) is 0 Å². The molecule has 0 saturated carbocycles. The van der Waals surface area contributed by atoms with Crippen LogP contribution in [0, 0.1) is 6.92 Å². The number of carbonyl (C=O) groups excluding carboxylic acids is 1. The second kappa shape index (κ2) is 9.03. The Labute approximate surface area is 177 Å². The second-order valence-electron chi connectivity index (χ2n) is 7.80. The van der Waals surface area contributed by atoms with Gasteiger partial charge in [0, 0.05) is 25.2 Å². The highest BCUT2D eigenvalue weighted by molar-refractivity contribution is 5.79. The summed E-state index contributed by atoms with van der Waals surface area (Å²) in [6.07, 6.45) is 2.28. The minimum Gasteiger partial charge on any atom is -0.497 e. The van der Waals surface area contributed by atoms with E-state index in [1.165, 1.54) is 0 Å². The number of piperidine rings is 1. The van der Waals surface area contributed by atoms with Crippen molar-refractivity contribution in [3.63, 3.8) is 0 Å². The van der Waals surface area contributed by atoms with E-state index < -0.39 is 0 Å². The molecule has 0 bridgehead atoms. The molecule has 4 rings (SSSR count). The lowest BCUT2D eigenvalue weighted by Gasteiger charge is -2.32. The van der Waals surface area contributed by atoms with Crippen molar-refractivity contribution in [1.82, 2.24) is 15.5 Å². The Morgan fingerprint density at radius 2 is 1.90 bits per heavy atom. The molecule has 0 aliphatic carbocycles. The van der Waals surface area contributed by atoms with Crippen LogP contribution in [0.2, 0.25) is 0 Å². The van der Waals surface area contributed by atoms with E-state index in [4.69, 9.17) is 4.74 Å². The number of carbonyl (C=O) groups is 1. The van der Waals surface area contributed by atoms with Gasteiger partial charge in [-0.2, -0.15) is 5.10 Å². The maximum absolute atomic E-state index is 12.4. The van der Waals surface area contributed by atoms with Crippen molar-refractivity contribution in [3.05, 3.63) is 65.7 Å². The molecule has 1 aliphatic heterocycles.